The van der Waals surface area contributed by atoms with Crippen molar-refractivity contribution < 1.29 is 17.6 Å². The van der Waals surface area contributed by atoms with Gasteiger partial charge in [-0.3, -0.25) is 4.68 Å². The van der Waals surface area contributed by atoms with E-state index in [0.717, 1.165) is 6.92 Å². The Bertz CT molecular complexity index is 408. The molecule has 1 fully saturated rings. The Balaban J connectivity index is 2.04. The quantitative estimate of drug-likeness (QED) is 0.750. The number of alkyl halides is 4. The van der Waals surface area contributed by atoms with E-state index in [2.05, 4.69) is 5.10 Å². The van der Waals surface area contributed by atoms with Gasteiger partial charge in [-0.15, -0.1) is 0 Å². The highest BCUT2D eigenvalue weighted by atomic mass is 19.3. The average Bonchev–Trinajstić information content (AvgIpc) is 2.81. The van der Waals surface area contributed by atoms with E-state index in [-0.39, 0.29) is 11.6 Å². The zero-order valence-electron chi connectivity index (χ0n) is 9.63. The van der Waals surface area contributed by atoms with Gasteiger partial charge >= 0.3 is 0 Å². The fourth-order valence-corrected chi connectivity index (χ4v) is 2.08. The highest BCUT2D eigenvalue weighted by Crippen LogP contribution is 2.44. The van der Waals surface area contributed by atoms with Crippen LogP contribution in [-0.2, 0) is 12.5 Å². The summed E-state index contributed by atoms with van der Waals surface area (Å²) in [6, 6.07) is 0. The maximum atomic E-state index is 13.1. The van der Waals surface area contributed by atoms with Crippen molar-refractivity contribution >= 4 is 0 Å². The van der Waals surface area contributed by atoms with Crippen molar-refractivity contribution in [1.29, 1.82) is 0 Å². The number of aromatic nitrogens is 2. The summed E-state index contributed by atoms with van der Waals surface area (Å²) < 4.78 is 52.1. The molecule has 17 heavy (non-hydrogen) atoms. The Morgan fingerprint density at radius 3 is 2.59 bits per heavy atom. The van der Waals surface area contributed by atoms with Crippen LogP contribution in [0, 0.1) is 18.8 Å². The Morgan fingerprint density at radius 2 is 2.18 bits per heavy atom. The standard InChI is InChI=1S/C11H14F4N2/c1-6-4-17(16-9(6)11(2,14)15)5-7-3-8(7)10(12)13/h4,7-8,10H,3,5H2,1-2H3. The van der Waals surface area contributed by atoms with E-state index < -0.39 is 18.3 Å². The van der Waals surface area contributed by atoms with Crippen molar-refractivity contribution in [2.24, 2.45) is 11.8 Å². The van der Waals surface area contributed by atoms with E-state index in [9.17, 15) is 17.6 Å². The third-order valence-corrected chi connectivity index (χ3v) is 3.08. The molecule has 0 amide bonds. The van der Waals surface area contributed by atoms with Gasteiger partial charge < -0.3 is 0 Å². The molecule has 0 aromatic carbocycles. The molecule has 1 aliphatic carbocycles. The second-order valence-corrected chi connectivity index (χ2v) is 4.77. The summed E-state index contributed by atoms with van der Waals surface area (Å²) in [4.78, 5) is 0. The van der Waals surface area contributed by atoms with E-state index in [1.165, 1.54) is 10.9 Å². The highest BCUT2D eigenvalue weighted by molar-refractivity contribution is 5.19. The van der Waals surface area contributed by atoms with Gasteiger partial charge in [-0.1, -0.05) is 0 Å². The minimum atomic E-state index is -2.99. The average molecular weight is 250 g/mol. The maximum Gasteiger partial charge on any atom is 0.289 e. The van der Waals surface area contributed by atoms with E-state index in [4.69, 9.17) is 0 Å². The topological polar surface area (TPSA) is 17.8 Å². The van der Waals surface area contributed by atoms with Crippen LogP contribution in [-0.4, -0.2) is 16.2 Å². The molecule has 2 unspecified atom stereocenters. The summed E-state index contributed by atoms with van der Waals surface area (Å²) in [5, 5.41) is 3.78. The van der Waals surface area contributed by atoms with E-state index in [1.807, 2.05) is 0 Å². The molecule has 6 heteroatoms. The molecule has 0 bridgehead atoms. The van der Waals surface area contributed by atoms with Gasteiger partial charge in [0, 0.05) is 25.6 Å². The number of nitrogens with zero attached hydrogens (tertiary/aromatic N) is 2. The molecule has 0 saturated heterocycles. The number of hydrogen-bond acceptors (Lipinski definition) is 1. The molecule has 1 aromatic rings. The maximum absolute atomic E-state index is 13.1. The molecule has 0 aliphatic heterocycles. The fourth-order valence-electron chi connectivity index (χ4n) is 2.08. The first kappa shape index (κ1) is 12.4. The summed E-state index contributed by atoms with van der Waals surface area (Å²) in [5.41, 5.74) is 0.124. The monoisotopic (exact) mass is 250 g/mol. The third kappa shape index (κ3) is 2.61. The van der Waals surface area contributed by atoms with Crippen molar-refractivity contribution in [1.82, 2.24) is 9.78 Å². The highest BCUT2D eigenvalue weighted by Gasteiger charge is 2.44. The fraction of sp³-hybridized carbons (Fsp3) is 0.727. The predicted molar refractivity (Wildman–Crippen MR) is 54.1 cm³/mol. The lowest BCUT2D eigenvalue weighted by Gasteiger charge is -2.07. The molecule has 0 N–H and O–H groups in total. The Morgan fingerprint density at radius 1 is 1.53 bits per heavy atom. The van der Waals surface area contributed by atoms with Gasteiger partial charge in [0.25, 0.3) is 5.92 Å². The predicted octanol–water partition coefficient (Wildman–Crippen LogP) is 3.20. The second kappa shape index (κ2) is 3.99. The van der Waals surface area contributed by atoms with Gasteiger partial charge in [0.05, 0.1) is 0 Å². The van der Waals surface area contributed by atoms with E-state index in [1.54, 1.807) is 6.92 Å². The van der Waals surface area contributed by atoms with Crippen molar-refractivity contribution in [3.05, 3.63) is 17.5 Å². The van der Waals surface area contributed by atoms with Crippen LogP contribution in [0.1, 0.15) is 24.6 Å². The molecule has 96 valence electrons. The molecule has 1 aliphatic rings. The second-order valence-electron chi connectivity index (χ2n) is 4.77. The summed E-state index contributed by atoms with van der Waals surface area (Å²) in [5.74, 6) is -3.71. The summed E-state index contributed by atoms with van der Waals surface area (Å²) in [7, 11) is 0. The molecular weight excluding hydrogens is 236 g/mol. The number of rotatable bonds is 4. The zero-order chi connectivity index (χ0) is 12.8. The minimum Gasteiger partial charge on any atom is -0.272 e. The van der Waals surface area contributed by atoms with Gasteiger partial charge in [0.15, 0.2) is 0 Å². The lowest BCUT2D eigenvalue weighted by Crippen LogP contribution is -2.11. The lowest BCUT2D eigenvalue weighted by atomic mass is 10.2. The van der Waals surface area contributed by atoms with Crippen molar-refractivity contribution in [3.63, 3.8) is 0 Å². The largest absolute Gasteiger partial charge is 0.289 e. The van der Waals surface area contributed by atoms with Crippen molar-refractivity contribution in [3.8, 4) is 0 Å². The zero-order valence-corrected chi connectivity index (χ0v) is 9.63. The van der Waals surface area contributed by atoms with Crippen LogP contribution in [0.3, 0.4) is 0 Å². The molecule has 2 rings (SSSR count). The Kier molecular flexibility index (Phi) is 2.91. The first-order valence-electron chi connectivity index (χ1n) is 5.49. The summed E-state index contributed by atoms with van der Waals surface area (Å²) in [6.45, 7) is 2.63. The van der Waals surface area contributed by atoms with Crippen LogP contribution in [0.2, 0.25) is 0 Å². The SMILES string of the molecule is Cc1cn(CC2CC2C(F)F)nc1C(C)(F)F. The van der Waals surface area contributed by atoms with Gasteiger partial charge in [-0.05, 0) is 24.8 Å². The molecule has 2 atom stereocenters. The van der Waals surface area contributed by atoms with Crippen molar-refractivity contribution in [2.45, 2.75) is 39.2 Å². The van der Waals surface area contributed by atoms with Crippen LogP contribution in [0.4, 0.5) is 17.6 Å². The molecular formula is C11H14F4N2. The van der Waals surface area contributed by atoms with Gasteiger partial charge in [-0.2, -0.15) is 13.9 Å². The Labute approximate surface area is 96.6 Å². The lowest BCUT2D eigenvalue weighted by molar-refractivity contribution is 0.0114. The van der Waals surface area contributed by atoms with E-state index in [0.29, 0.717) is 18.5 Å². The number of halogens is 4. The van der Waals surface area contributed by atoms with Crippen LogP contribution in [0.25, 0.3) is 0 Å². The van der Waals surface area contributed by atoms with Crippen LogP contribution in [0.5, 0.6) is 0 Å². The molecule has 2 nitrogen and oxygen atoms in total. The van der Waals surface area contributed by atoms with Gasteiger partial charge in [0.2, 0.25) is 6.43 Å². The summed E-state index contributed by atoms with van der Waals surface area (Å²) in [6.07, 6.45) is -0.370. The number of aryl methyl sites for hydroxylation is 1. The van der Waals surface area contributed by atoms with E-state index >= 15 is 0 Å². The third-order valence-electron chi connectivity index (χ3n) is 3.08. The van der Waals surface area contributed by atoms with Crippen molar-refractivity contribution in [2.75, 3.05) is 0 Å². The first-order chi connectivity index (χ1) is 7.79. The molecule has 1 aromatic heterocycles. The minimum absolute atomic E-state index is 0.132. The molecule has 0 radical (unpaired) electrons. The van der Waals surface area contributed by atoms with Crippen LogP contribution < -0.4 is 0 Å². The van der Waals surface area contributed by atoms with Gasteiger partial charge in [0.1, 0.15) is 5.69 Å². The molecule has 1 heterocycles. The molecule has 0 spiro atoms. The smallest absolute Gasteiger partial charge is 0.272 e. The van der Waals surface area contributed by atoms with Crippen LogP contribution in [0.15, 0.2) is 6.20 Å². The number of hydrogen-bond donors (Lipinski definition) is 0. The van der Waals surface area contributed by atoms with Gasteiger partial charge in [-0.25, -0.2) is 8.78 Å². The Hall–Kier alpha value is -1.07. The summed E-state index contributed by atoms with van der Waals surface area (Å²) >= 11 is 0. The molecule has 1 saturated carbocycles. The van der Waals surface area contributed by atoms with Crippen LogP contribution >= 0.6 is 0 Å². The normalized spacial score (nSPS) is 24.4. The first-order valence-corrected chi connectivity index (χ1v) is 5.49.